The molecule has 0 fully saturated rings. The van der Waals surface area contributed by atoms with Crippen molar-refractivity contribution in [2.45, 2.75) is 39.7 Å². The molecule has 0 aromatic heterocycles. The van der Waals surface area contributed by atoms with Crippen molar-refractivity contribution >= 4 is 30.3 Å². The van der Waals surface area contributed by atoms with Crippen LogP contribution in [0.3, 0.4) is 0 Å². The number of aliphatic carboxylic acids is 2. The lowest BCUT2D eigenvalue weighted by Gasteiger charge is -1.91. The molecule has 0 aliphatic heterocycles. The van der Waals surface area contributed by atoms with Crippen molar-refractivity contribution < 1.29 is 48.8 Å². The number of carboxylic acids is 2. The molecule has 0 rings (SSSR count). The van der Waals surface area contributed by atoms with Gasteiger partial charge in [0, 0.05) is 6.92 Å². The summed E-state index contributed by atoms with van der Waals surface area (Å²) in [5, 5.41) is 23.8. The van der Waals surface area contributed by atoms with Crippen LogP contribution < -0.4 is 0 Å². The van der Waals surface area contributed by atoms with Gasteiger partial charge in [0.15, 0.2) is 0 Å². The summed E-state index contributed by atoms with van der Waals surface area (Å²) < 4.78 is 8.21. The molecule has 0 bridgehead atoms. The molecule has 128 valence electrons. The van der Waals surface area contributed by atoms with Crippen LogP contribution in [0.25, 0.3) is 0 Å². The predicted octanol–water partition coefficient (Wildman–Crippen LogP) is -0.428. The summed E-state index contributed by atoms with van der Waals surface area (Å²) in [6.45, 7) is 4.83. The third-order valence-corrected chi connectivity index (χ3v) is 1.43. The fourth-order valence-corrected chi connectivity index (χ4v) is 0.525. The smallest absolute Gasteiger partial charge is 0.332 e. The van der Waals surface area contributed by atoms with Gasteiger partial charge in [-0.25, -0.2) is 4.79 Å². The minimum Gasteiger partial charge on any atom is -0.481 e. The Labute approximate surface area is 126 Å². The maximum Gasteiger partial charge on any atom is 0.332 e. The molecule has 1 atom stereocenters. The van der Waals surface area contributed by atoms with E-state index in [9.17, 15) is 24.0 Å². The topological polar surface area (TPSA) is 164 Å². The standard InChI is InChI=1S/C5H6O5.C4H8O2.C3H6O3/c6-3-10-5(9)2-1-4(7)8;1-3-6-4(2)5;1-2(4)3(5)6/h3H,1-2H2,(H,7,8);3H2,1-2H3;2,4H,1H3,(H,5,6). The van der Waals surface area contributed by atoms with Crippen molar-refractivity contribution in [3.63, 3.8) is 0 Å². The Bertz CT molecular complexity index is 361. The number of esters is 2. The molecule has 3 N–H and O–H groups in total. The molecule has 0 aliphatic rings. The van der Waals surface area contributed by atoms with Crippen molar-refractivity contribution in [2.24, 2.45) is 0 Å². The second-order valence-corrected chi connectivity index (χ2v) is 3.42. The Morgan fingerprint density at radius 2 is 1.59 bits per heavy atom. The Balaban J connectivity index is -0.000000261. The van der Waals surface area contributed by atoms with Crippen molar-refractivity contribution in [3.05, 3.63) is 0 Å². The van der Waals surface area contributed by atoms with Crippen LogP contribution in [0, 0.1) is 0 Å². The fourth-order valence-electron chi connectivity index (χ4n) is 0.525. The number of carboxylic acid groups (broad SMARTS) is 2. The summed E-state index contributed by atoms with van der Waals surface area (Å²) in [5.41, 5.74) is 0. The van der Waals surface area contributed by atoms with Gasteiger partial charge in [0.2, 0.25) is 0 Å². The van der Waals surface area contributed by atoms with Crippen LogP contribution >= 0.6 is 0 Å². The van der Waals surface area contributed by atoms with Gasteiger partial charge in [0.1, 0.15) is 6.10 Å². The molecule has 0 saturated carbocycles. The molecule has 0 heterocycles. The summed E-state index contributed by atoms with van der Waals surface area (Å²) in [6, 6.07) is 0. The van der Waals surface area contributed by atoms with Gasteiger partial charge in [0.05, 0.1) is 19.4 Å². The number of aliphatic hydroxyl groups excluding tert-OH is 1. The van der Waals surface area contributed by atoms with Crippen molar-refractivity contribution in [1.29, 1.82) is 0 Å². The second-order valence-electron chi connectivity index (χ2n) is 3.42. The lowest BCUT2D eigenvalue weighted by molar-refractivity contribution is -0.153. The van der Waals surface area contributed by atoms with E-state index < -0.39 is 24.0 Å². The van der Waals surface area contributed by atoms with E-state index in [0.717, 1.165) is 0 Å². The van der Waals surface area contributed by atoms with Crippen molar-refractivity contribution in [1.82, 2.24) is 0 Å². The highest BCUT2D eigenvalue weighted by molar-refractivity contribution is 5.80. The number of rotatable bonds is 6. The van der Waals surface area contributed by atoms with Crippen LogP contribution in [0.2, 0.25) is 0 Å². The van der Waals surface area contributed by atoms with Crippen molar-refractivity contribution in [2.75, 3.05) is 6.61 Å². The minimum absolute atomic E-state index is 0.0236. The monoisotopic (exact) mass is 324 g/mol. The molecule has 1 unspecified atom stereocenters. The van der Waals surface area contributed by atoms with Gasteiger partial charge in [0.25, 0.3) is 0 Å². The number of hydrogen-bond donors (Lipinski definition) is 3. The van der Waals surface area contributed by atoms with Gasteiger partial charge in [-0.1, -0.05) is 0 Å². The molecule has 0 radical (unpaired) electrons. The largest absolute Gasteiger partial charge is 0.481 e. The van der Waals surface area contributed by atoms with Gasteiger partial charge < -0.3 is 24.8 Å². The molecule has 22 heavy (non-hydrogen) atoms. The first-order valence-electron chi connectivity index (χ1n) is 5.97. The summed E-state index contributed by atoms with van der Waals surface area (Å²) in [7, 11) is 0. The summed E-state index contributed by atoms with van der Waals surface area (Å²) in [6.07, 6.45) is -1.81. The van der Waals surface area contributed by atoms with Gasteiger partial charge in [-0.3, -0.25) is 19.2 Å². The Morgan fingerprint density at radius 1 is 1.14 bits per heavy atom. The maximum absolute atomic E-state index is 10.2. The van der Waals surface area contributed by atoms with E-state index >= 15 is 0 Å². The minimum atomic E-state index is -1.23. The van der Waals surface area contributed by atoms with Gasteiger partial charge >= 0.3 is 30.3 Å². The zero-order chi connectivity index (χ0) is 18.1. The maximum atomic E-state index is 10.2. The van der Waals surface area contributed by atoms with E-state index in [4.69, 9.17) is 15.3 Å². The first-order chi connectivity index (χ1) is 10.1. The zero-order valence-electron chi connectivity index (χ0n) is 12.5. The number of aliphatic hydroxyl groups is 1. The highest BCUT2D eigenvalue weighted by atomic mass is 16.6. The average molecular weight is 324 g/mol. The Hall–Kier alpha value is -2.49. The van der Waals surface area contributed by atoms with Crippen LogP contribution in [0.1, 0.15) is 33.6 Å². The van der Waals surface area contributed by atoms with Crippen LogP contribution in [-0.4, -0.2) is 58.4 Å². The molecule has 0 saturated heterocycles. The highest BCUT2D eigenvalue weighted by Gasteiger charge is 2.04. The van der Waals surface area contributed by atoms with E-state index in [-0.39, 0.29) is 25.3 Å². The lowest BCUT2D eigenvalue weighted by Crippen LogP contribution is -2.13. The normalized spacial score (nSPS) is 9.64. The number of hydrogen-bond acceptors (Lipinski definition) is 8. The molecule has 0 aliphatic carbocycles. The zero-order valence-corrected chi connectivity index (χ0v) is 12.5. The van der Waals surface area contributed by atoms with E-state index in [2.05, 4.69) is 9.47 Å². The summed E-state index contributed by atoms with van der Waals surface area (Å²) in [4.78, 5) is 48.8. The van der Waals surface area contributed by atoms with E-state index in [1.807, 2.05) is 0 Å². The quantitative estimate of drug-likeness (QED) is 0.331. The van der Waals surface area contributed by atoms with Crippen LogP contribution in [0.5, 0.6) is 0 Å². The number of carbonyl (C=O) groups is 5. The second kappa shape index (κ2) is 16.6. The first kappa shape index (κ1) is 24.5. The van der Waals surface area contributed by atoms with Crippen LogP contribution in [0.4, 0.5) is 0 Å². The molecular formula is C12H20O10. The summed E-state index contributed by atoms with van der Waals surface area (Å²) in [5.74, 6) is -3.31. The number of ether oxygens (including phenoxy) is 2. The molecule has 0 aromatic rings. The molecular weight excluding hydrogens is 304 g/mol. The molecule has 0 aromatic carbocycles. The Morgan fingerprint density at radius 3 is 1.77 bits per heavy atom. The molecule has 0 spiro atoms. The third kappa shape index (κ3) is 30.5. The summed E-state index contributed by atoms with van der Waals surface area (Å²) >= 11 is 0. The van der Waals surface area contributed by atoms with Crippen molar-refractivity contribution in [3.8, 4) is 0 Å². The van der Waals surface area contributed by atoms with Crippen LogP contribution in [-0.2, 0) is 33.4 Å². The molecule has 10 nitrogen and oxygen atoms in total. The molecule has 10 heteroatoms. The SMILES string of the molecule is CC(O)C(=O)O.CCOC(C)=O.O=COC(=O)CCC(=O)O. The number of carbonyl (C=O) groups excluding carboxylic acids is 3. The lowest BCUT2D eigenvalue weighted by atomic mass is 10.3. The van der Waals surface area contributed by atoms with Gasteiger partial charge in [-0.2, -0.15) is 0 Å². The van der Waals surface area contributed by atoms with E-state index in [0.29, 0.717) is 6.61 Å². The van der Waals surface area contributed by atoms with Crippen LogP contribution in [0.15, 0.2) is 0 Å². The highest BCUT2D eigenvalue weighted by Crippen LogP contribution is 1.90. The molecule has 0 amide bonds. The fraction of sp³-hybridized carbons (Fsp3) is 0.583. The van der Waals surface area contributed by atoms with Gasteiger partial charge in [-0.15, -0.1) is 0 Å². The average Bonchev–Trinajstić information content (AvgIpc) is 2.38. The first-order valence-corrected chi connectivity index (χ1v) is 5.97. The Kier molecular flexibility index (Phi) is 18.5. The van der Waals surface area contributed by atoms with E-state index in [1.165, 1.54) is 13.8 Å². The third-order valence-electron chi connectivity index (χ3n) is 1.43. The predicted molar refractivity (Wildman–Crippen MR) is 70.6 cm³/mol. The van der Waals surface area contributed by atoms with Gasteiger partial charge in [-0.05, 0) is 13.8 Å². The van der Waals surface area contributed by atoms with E-state index in [1.54, 1.807) is 6.92 Å².